The lowest BCUT2D eigenvalue weighted by molar-refractivity contribution is -0.153. The van der Waals surface area contributed by atoms with Crippen LogP contribution >= 0.6 is 0 Å². The normalized spacial score (nSPS) is 39.3. The Morgan fingerprint density at radius 3 is 2.24 bits per heavy atom. The van der Waals surface area contributed by atoms with Crippen LogP contribution in [0.15, 0.2) is 36.6 Å². The van der Waals surface area contributed by atoms with Gasteiger partial charge in [-0.3, -0.25) is 4.79 Å². The quantitative estimate of drug-likeness (QED) is 0.450. The average Bonchev–Trinajstić information content (AvgIpc) is 3.13. The molecule has 0 amide bonds. The SMILES string of the molecule is C.C=C1COC(=O)[C@H]2[C@@H]1CC[C@@H]2C.C=C1OC[C@H]2[C@H](CC[C@@H]2C)C1=C. The van der Waals surface area contributed by atoms with Crippen molar-refractivity contribution in [2.75, 3.05) is 13.2 Å². The molecule has 0 spiro atoms. The molecule has 3 nitrogen and oxygen atoms in total. The van der Waals surface area contributed by atoms with Crippen molar-refractivity contribution in [1.29, 1.82) is 0 Å². The minimum atomic E-state index is -0.00241. The van der Waals surface area contributed by atoms with Crippen LogP contribution in [0.3, 0.4) is 0 Å². The molecular weight excluding hydrogens is 312 g/mol. The molecule has 25 heavy (non-hydrogen) atoms. The van der Waals surface area contributed by atoms with Crippen LogP contribution in [0, 0.1) is 35.5 Å². The Morgan fingerprint density at radius 2 is 1.56 bits per heavy atom. The van der Waals surface area contributed by atoms with Crippen molar-refractivity contribution in [2.45, 2.75) is 47.0 Å². The summed E-state index contributed by atoms with van der Waals surface area (Å²) in [5, 5.41) is 0. The molecule has 0 radical (unpaired) electrons. The summed E-state index contributed by atoms with van der Waals surface area (Å²) in [5.41, 5.74) is 2.26. The highest BCUT2D eigenvalue weighted by molar-refractivity contribution is 5.75. The lowest BCUT2D eigenvalue weighted by Crippen LogP contribution is -2.33. The van der Waals surface area contributed by atoms with Gasteiger partial charge in [-0.15, -0.1) is 0 Å². The number of fused-ring (bicyclic) bond motifs is 2. The van der Waals surface area contributed by atoms with Gasteiger partial charge in [-0.2, -0.15) is 0 Å². The number of rotatable bonds is 0. The van der Waals surface area contributed by atoms with E-state index in [1.807, 2.05) is 0 Å². The number of hydrogen-bond acceptors (Lipinski definition) is 3. The average molecular weight is 347 g/mol. The third kappa shape index (κ3) is 3.70. The molecule has 0 aromatic heterocycles. The summed E-state index contributed by atoms with van der Waals surface area (Å²) < 4.78 is 10.5. The fourth-order valence-corrected chi connectivity index (χ4v) is 4.90. The first-order chi connectivity index (χ1) is 11.4. The highest BCUT2D eigenvalue weighted by Gasteiger charge is 2.43. The molecule has 2 saturated carbocycles. The molecule has 0 bridgehead atoms. The minimum absolute atomic E-state index is 0. The topological polar surface area (TPSA) is 35.5 Å². The predicted octanol–water partition coefficient (Wildman–Crippen LogP) is 5.15. The molecule has 0 aromatic carbocycles. The molecule has 2 aliphatic carbocycles. The van der Waals surface area contributed by atoms with E-state index >= 15 is 0 Å². The summed E-state index contributed by atoms with van der Waals surface area (Å²) in [4.78, 5) is 11.4. The molecule has 140 valence electrons. The minimum Gasteiger partial charge on any atom is -0.494 e. The highest BCUT2D eigenvalue weighted by atomic mass is 16.5. The van der Waals surface area contributed by atoms with E-state index in [4.69, 9.17) is 9.47 Å². The summed E-state index contributed by atoms with van der Waals surface area (Å²) in [6, 6.07) is 0. The summed E-state index contributed by atoms with van der Waals surface area (Å²) >= 11 is 0. The largest absolute Gasteiger partial charge is 0.494 e. The fourth-order valence-electron chi connectivity index (χ4n) is 4.90. The van der Waals surface area contributed by atoms with Gasteiger partial charge in [0, 0.05) is 5.92 Å². The van der Waals surface area contributed by atoms with Crippen molar-refractivity contribution >= 4 is 5.97 Å². The third-order valence-corrected chi connectivity index (χ3v) is 6.61. The molecule has 2 heterocycles. The zero-order chi connectivity index (χ0) is 17.4. The van der Waals surface area contributed by atoms with Gasteiger partial charge in [-0.05, 0) is 60.5 Å². The van der Waals surface area contributed by atoms with Crippen LogP contribution in [0.4, 0.5) is 0 Å². The molecule has 3 heteroatoms. The lowest BCUT2D eigenvalue weighted by Gasteiger charge is -2.31. The molecule has 4 fully saturated rings. The van der Waals surface area contributed by atoms with Crippen molar-refractivity contribution < 1.29 is 14.3 Å². The van der Waals surface area contributed by atoms with Crippen molar-refractivity contribution in [3.05, 3.63) is 36.6 Å². The van der Waals surface area contributed by atoms with Gasteiger partial charge >= 0.3 is 5.97 Å². The number of cyclic esters (lactones) is 1. The molecule has 4 aliphatic rings. The first-order valence-corrected chi connectivity index (χ1v) is 9.25. The molecule has 2 saturated heterocycles. The number of allylic oxidation sites excluding steroid dienone is 1. The van der Waals surface area contributed by atoms with Gasteiger partial charge in [0.25, 0.3) is 0 Å². The maximum absolute atomic E-state index is 11.4. The smallest absolute Gasteiger partial charge is 0.310 e. The summed E-state index contributed by atoms with van der Waals surface area (Å²) in [6.07, 6.45) is 4.88. The van der Waals surface area contributed by atoms with Crippen molar-refractivity contribution in [3.63, 3.8) is 0 Å². The molecular formula is C22H34O3. The van der Waals surface area contributed by atoms with Crippen LogP contribution in [0.5, 0.6) is 0 Å². The fraction of sp³-hybridized carbons (Fsp3) is 0.682. The van der Waals surface area contributed by atoms with E-state index < -0.39 is 0 Å². The summed E-state index contributed by atoms with van der Waals surface area (Å²) in [7, 11) is 0. The van der Waals surface area contributed by atoms with E-state index in [0.717, 1.165) is 42.3 Å². The first kappa shape index (κ1) is 19.8. The van der Waals surface area contributed by atoms with E-state index in [1.54, 1.807) is 0 Å². The van der Waals surface area contributed by atoms with Gasteiger partial charge in [0.1, 0.15) is 12.4 Å². The number of carbonyl (C=O) groups is 1. The first-order valence-electron chi connectivity index (χ1n) is 9.25. The number of carbonyl (C=O) groups excluding carboxylic acids is 1. The molecule has 4 rings (SSSR count). The number of ether oxygens (including phenoxy) is 2. The van der Waals surface area contributed by atoms with Crippen LogP contribution in [0.25, 0.3) is 0 Å². The maximum Gasteiger partial charge on any atom is 0.310 e. The maximum atomic E-state index is 11.4. The Kier molecular flexibility index (Phi) is 6.18. The van der Waals surface area contributed by atoms with Crippen molar-refractivity contribution in [3.8, 4) is 0 Å². The molecule has 0 N–H and O–H groups in total. The van der Waals surface area contributed by atoms with Gasteiger partial charge in [0.05, 0.1) is 12.5 Å². The zero-order valence-electron chi connectivity index (χ0n) is 15.1. The van der Waals surface area contributed by atoms with Crippen LogP contribution in [0.2, 0.25) is 0 Å². The second kappa shape index (κ2) is 7.80. The lowest BCUT2D eigenvalue weighted by atomic mass is 9.84. The van der Waals surface area contributed by atoms with E-state index in [9.17, 15) is 4.79 Å². The number of hydrogen-bond donors (Lipinski definition) is 0. The molecule has 2 aliphatic heterocycles. The molecule has 0 aromatic rings. The van der Waals surface area contributed by atoms with Gasteiger partial charge in [0.2, 0.25) is 0 Å². The van der Waals surface area contributed by atoms with E-state index in [1.165, 1.54) is 12.8 Å². The van der Waals surface area contributed by atoms with Gasteiger partial charge in [-0.1, -0.05) is 41.0 Å². The highest BCUT2D eigenvalue weighted by Crippen LogP contribution is 2.45. The third-order valence-electron chi connectivity index (χ3n) is 6.61. The Hall–Kier alpha value is -1.51. The van der Waals surface area contributed by atoms with E-state index in [0.29, 0.717) is 30.3 Å². The Bertz CT molecular complexity index is 562. The van der Waals surface area contributed by atoms with E-state index in [-0.39, 0.29) is 19.3 Å². The van der Waals surface area contributed by atoms with Crippen LogP contribution in [0.1, 0.15) is 47.0 Å². The Balaban J connectivity index is 0.000000173. The predicted molar refractivity (Wildman–Crippen MR) is 102 cm³/mol. The van der Waals surface area contributed by atoms with Gasteiger partial charge < -0.3 is 9.47 Å². The zero-order valence-corrected chi connectivity index (χ0v) is 15.1. The second-order valence-corrected chi connectivity index (χ2v) is 8.04. The Morgan fingerprint density at radius 1 is 0.920 bits per heavy atom. The van der Waals surface area contributed by atoms with Crippen LogP contribution < -0.4 is 0 Å². The van der Waals surface area contributed by atoms with Crippen molar-refractivity contribution in [1.82, 2.24) is 0 Å². The van der Waals surface area contributed by atoms with Crippen LogP contribution in [-0.2, 0) is 14.3 Å². The molecule has 0 unspecified atom stereocenters. The second-order valence-electron chi connectivity index (χ2n) is 8.04. The molecule has 6 atom stereocenters. The van der Waals surface area contributed by atoms with E-state index in [2.05, 4.69) is 33.6 Å². The van der Waals surface area contributed by atoms with Gasteiger partial charge in [-0.25, -0.2) is 0 Å². The Labute approximate surface area is 153 Å². The standard InChI is InChI=1S/C11H16O.C10H14O2.CH4/c1-7-4-5-10-8(2)9(3)12-6-11(7)10;1-6-3-4-8-7(2)5-12-10(11)9(6)8;/h7,10-11H,2-6H2,1H3;6,8-9H,2-5H2,1H3;1H4/t7-,10+,11+;6-,8+,9+;/m00./s1. The monoisotopic (exact) mass is 346 g/mol. The number of esters is 1. The van der Waals surface area contributed by atoms with Crippen LogP contribution in [-0.4, -0.2) is 19.2 Å². The summed E-state index contributed by atoms with van der Waals surface area (Å²) in [5.74, 6) is 4.03. The van der Waals surface area contributed by atoms with Gasteiger partial charge in [0.15, 0.2) is 0 Å². The van der Waals surface area contributed by atoms with Crippen molar-refractivity contribution in [2.24, 2.45) is 35.5 Å². The summed E-state index contributed by atoms with van der Waals surface area (Å²) in [6.45, 7) is 17.6.